The van der Waals surface area contributed by atoms with Crippen molar-refractivity contribution in [3.05, 3.63) is 24.3 Å². The van der Waals surface area contributed by atoms with Gasteiger partial charge in [-0.3, -0.25) is 9.59 Å². The van der Waals surface area contributed by atoms with E-state index < -0.39 is 5.97 Å². The van der Waals surface area contributed by atoms with Crippen LogP contribution < -0.4 is 14.8 Å². The molecule has 0 heterocycles. The third kappa shape index (κ3) is 5.76. The molecule has 0 spiro atoms. The van der Waals surface area contributed by atoms with Gasteiger partial charge in [-0.2, -0.15) is 0 Å². The van der Waals surface area contributed by atoms with Crippen LogP contribution in [0.3, 0.4) is 0 Å². The van der Waals surface area contributed by atoms with Crippen LogP contribution in [0.15, 0.2) is 24.3 Å². The Hall–Kier alpha value is -2.24. The van der Waals surface area contributed by atoms with Crippen molar-refractivity contribution in [2.75, 3.05) is 20.3 Å². The van der Waals surface area contributed by atoms with Gasteiger partial charge < -0.3 is 19.9 Å². The molecular formula is C13H17NO5. The van der Waals surface area contributed by atoms with Crippen LogP contribution >= 0.6 is 0 Å². The molecular weight excluding hydrogens is 250 g/mol. The van der Waals surface area contributed by atoms with E-state index in [1.165, 1.54) is 7.11 Å². The molecule has 2 N–H and O–H groups in total. The van der Waals surface area contributed by atoms with E-state index in [0.717, 1.165) is 0 Å². The zero-order chi connectivity index (χ0) is 14.1. The molecule has 0 aliphatic rings. The zero-order valence-electron chi connectivity index (χ0n) is 10.7. The Balaban J connectivity index is 2.28. The number of amides is 1. The molecule has 0 aromatic heterocycles. The van der Waals surface area contributed by atoms with Gasteiger partial charge in [0.2, 0.25) is 0 Å². The lowest BCUT2D eigenvalue weighted by atomic mass is 10.3. The van der Waals surface area contributed by atoms with Gasteiger partial charge in [-0.25, -0.2) is 0 Å². The Labute approximate surface area is 111 Å². The van der Waals surface area contributed by atoms with Crippen LogP contribution in [0.2, 0.25) is 0 Å². The fourth-order valence-corrected chi connectivity index (χ4v) is 1.40. The normalized spacial score (nSPS) is 9.74. The third-order valence-corrected chi connectivity index (χ3v) is 2.32. The number of carbonyl (C=O) groups is 2. The SMILES string of the molecule is COc1ccccc1OCC(=O)NCCCC(=O)O. The maximum absolute atomic E-state index is 11.4. The summed E-state index contributed by atoms with van der Waals surface area (Å²) in [6, 6.07) is 7.02. The van der Waals surface area contributed by atoms with Gasteiger partial charge in [0.25, 0.3) is 5.91 Å². The number of methoxy groups -OCH3 is 1. The Morgan fingerprint density at radius 2 is 1.95 bits per heavy atom. The van der Waals surface area contributed by atoms with Crippen molar-refractivity contribution >= 4 is 11.9 Å². The second-order valence-electron chi connectivity index (χ2n) is 3.79. The average Bonchev–Trinajstić information content (AvgIpc) is 2.41. The molecule has 0 saturated carbocycles. The van der Waals surface area contributed by atoms with E-state index in [0.29, 0.717) is 24.5 Å². The molecule has 0 radical (unpaired) electrons. The highest BCUT2D eigenvalue weighted by Gasteiger charge is 2.06. The van der Waals surface area contributed by atoms with Crippen molar-refractivity contribution in [1.82, 2.24) is 5.32 Å². The van der Waals surface area contributed by atoms with E-state index in [1.54, 1.807) is 24.3 Å². The summed E-state index contributed by atoms with van der Waals surface area (Å²) in [5.74, 6) is -0.123. The van der Waals surface area contributed by atoms with E-state index in [2.05, 4.69) is 5.32 Å². The predicted molar refractivity (Wildman–Crippen MR) is 68.4 cm³/mol. The number of para-hydroxylation sites is 2. The molecule has 0 aliphatic heterocycles. The standard InChI is InChI=1S/C13H17NO5/c1-18-10-5-2-3-6-11(10)19-9-12(15)14-8-4-7-13(16)17/h2-3,5-6H,4,7-9H2,1H3,(H,14,15)(H,16,17). The number of aliphatic carboxylic acids is 1. The lowest BCUT2D eigenvalue weighted by molar-refractivity contribution is -0.137. The first-order valence-corrected chi connectivity index (χ1v) is 5.88. The molecule has 1 aromatic carbocycles. The van der Waals surface area contributed by atoms with Gasteiger partial charge in [0.05, 0.1) is 7.11 Å². The van der Waals surface area contributed by atoms with E-state index >= 15 is 0 Å². The number of carboxylic acid groups (broad SMARTS) is 1. The minimum absolute atomic E-state index is 0.0354. The molecule has 6 heteroatoms. The molecule has 0 atom stereocenters. The number of rotatable bonds is 8. The largest absolute Gasteiger partial charge is 0.493 e. The van der Waals surface area contributed by atoms with Crippen LogP contribution in [0, 0.1) is 0 Å². The van der Waals surface area contributed by atoms with E-state index in [9.17, 15) is 9.59 Å². The van der Waals surface area contributed by atoms with Crippen molar-refractivity contribution < 1.29 is 24.2 Å². The molecule has 6 nitrogen and oxygen atoms in total. The maximum atomic E-state index is 11.4. The Kier molecular flexibility index (Phi) is 6.21. The molecule has 104 valence electrons. The van der Waals surface area contributed by atoms with Gasteiger partial charge in [-0.05, 0) is 18.6 Å². The molecule has 0 aliphatic carbocycles. The second kappa shape index (κ2) is 7.97. The Morgan fingerprint density at radius 3 is 2.58 bits per heavy atom. The predicted octanol–water partition coefficient (Wildman–Crippen LogP) is 1.05. The minimum Gasteiger partial charge on any atom is -0.493 e. The quantitative estimate of drug-likeness (QED) is 0.688. The summed E-state index contributed by atoms with van der Waals surface area (Å²) in [5, 5.41) is 11.0. The van der Waals surface area contributed by atoms with Crippen LogP contribution in [0.1, 0.15) is 12.8 Å². The van der Waals surface area contributed by atoms with Gasteiger partial charge in [-0.15, -0.1) is 0 Å². The van der Waals surface area contributed by atoms with Crippen LogP contribution in [0.4, 0.5) is 0 Å². The number of hydrogen-bond donors (Lipinski definition) is 2. The van der Waals surface area contributed by atoms with Crippen molar-refractivity contribution in [2.24, 2.45) is 0 Å². The van der Waals surface area contributed by atoms with Crippen LogP contribution in [0.5, 0.6) is 11.5 Å². The fourth-order valence-electron chi connectivity index (χ4n) is 1.40. The highest BCUT2D eigenvalue weighted by Crippen LogP contribution is 2.25. The molecule has 1 aromatic rings. The highest BCUT2D eigenvalue weighted by atomic mass is 16.5. The first kappa shape index (κ1) is 14.8. The fraction of sp³-hybridized carbons (Fsp3) is 0.385. The van der Waals surface area contributed by atoms with Gasteiger partial charge in [0.15, 0.2) is 18.1 Å². The number of carboxylic acids is 1. The zero-order valence-corrected chi connectivity index (χ0v) is 10.7. The number of hydrogen-bond acceptors (Lipinski definition) is 4. The second-order valence-corrected chi connectivity index (χ2v) is 3.79. The van der Waals surface area contributed by atoms with Gasteiger partial charge >= 0.3 is 5.97 Å². The van der Waals surface area contributed by atoms with Crippen LogP contribution in [0.25, 0.3) is 0 Å². The molecule has 0 fully saturated rings. The molecule has 1 rings (SSSR count). The van der Waals surface area contributed by atoms with Crippen LogP contribution in [-0.2, 0) is 9.59 Å². The monoisotopic (exact) mass is 267 g/mol. The van der Waals surface area contributed by atoms with Crippen LogP contribution in [-0.4, -0.2) is 37.2 Å². The van der Waals surface area contributed by atoms with Gasteiger partial charge in [-0.1, -0.05) is 12.1 Å². The summed E-state index contributed by atoms with van der Waals surface area (Å²) < 4.78 is 10.4. The Bertz CT molecular complexity index is 433. The average molecular weight is 267 g/mol. The van der Waals surface area contributed by atoms with Crippen molar-refractivity contribution in [2.45, 2.75) is 12.8 Å². The molecule has 0 bridgehead atoms. The summed E-state index contributed by atoms with van der Waals surface area (Å²) in [6.45, 7) is 0.188. The smallest absolute Gasteiger partial charge is 0.303 e. The highest BCUT2D eigenvalue weighted by molar-refractivity contribution is 5.77. The third-order valence-electron chi connectivity index (χ3n) is 2.32. The van der Waals surface area contributed by atoms with Gasteiger partial charge in [0.1, 0.15) is 0 Å². The molecule has 0 unspecified atom stereocenters. The molecule has 0 saturated heterocycles. The van der Waals surface area contributed by atoms with Crippen molar-refractivity contribution in [3.63, 3.8) is 0 Å². The molecule has 19 heavy (non-hydrogen) atoms. The van der Waals surface area contributed by atoms with E-state index in [1.807, 2.05) is 0 Å². The maximum Gasteiger partial charge on any atom is 0.303 e. The Morgan fingerprint density at radius 1 is 1.26 bits per heavy atom. The first-order chi connectivity index (χ1) is 9.13. The summed E-state index contributed by atoms with van der Waals surface area (Å²) in [4.78, 5) is 21.7. The van der Waals surface area contributed by atoms with Crippen molar-refractivity contribution in [1.29, 1.82) is 0 Å². The lowest BCUT2D eigenvalue weighted by Crippen LogP contribution is -2.30. The number of ether oxygens (including phenoxy) is 2. The van der Waals surface area contributed by atoms with Gasteiger partial charge in [0, 0.05) is 13.0 Å². The molecule has 1 amide bonds. The van der Waals surface area contributed by atoms with Crippen molar-refractivity contribution in [3.8, 4) is 11.5 Å². The summed E-state index contributed by atoms with van der Waals surface area (Å²) >= 11 is 0. The number of carbonyl (C=O) groups excluding carboxylic acids is 1. The summed E-state index contributed by atoms with van der Waals surface area (Å²) in [5.41, 5.74) is 0. The number of benzene rings is 1. The minimum atomic E-state index is -0.875. The number of nitrogens with one attached hydrogen (secondary N) is 1. The summed E-state index contributed by atoms with van der Waals surface area (Å²) in [6.07, 6.45) is 0.434. The first-order valence-electron chi connectivity index (χ1n) is 5.88. The summed E-state index contributed by atoms with van der Waals surface area (Å²) in [7, 11) is 1.52. The topological polar surface area (TPSA) is 84.9 Å². The lowest BCUT2D eigenvalue weighted by Gasteiger charge is -2.10. The van der Waals surface area contributed by atoms with E-state index in [4.69, 9.17) is 14.6 Å². The van der Waals surface area contributed by atoms with E-state index in [-0.39, 0.29) is 18.9 Å².